The lowest BCUT2D eigenvalue weighted by atomic mass is 10.2. The van der Waals surface area contributed by atoms with Gasteiger partial charge < -0.3 is 4.42 Å². The Kier molecular flexibility index (Phi) is 3.46. The number of oxazole rings is 1. The van der Waals surface area contributed by atoms with Crippen molar-refractivity contribution in [1.82, 2.24) is 14.8 Å². The number of aromatic nitrogens is 3. The highest BCUT2D eigenvalue weighted by Crippen LogP contribution is 2.24. The molecule has 0 fully saturated rings. The first-order chi connectivity index (χ1) is 10.6. The summed E-state index contributed by atoms with van der Waals surface area (Å²) in [6.45, 7) is 3.54. The van der Waals surface area contributed by atoms with E-state index >= 15 is 0 Å². The Hall–Kier alpha value is -2.96. The Bertz CT molecular complexity index is 821. The minimum absolute atomic E-state index is 0.0369. The van der Waals surface area contributed by atoms with Gasteiger partial charge in [0.05, 0.1) is 11.1 Å². The molecule has 0 atom stereocenters. The second-order valence-corrected chi connectivity index (χ2v) is 4.92. The molecule has 3 aromatic rings. The summed E-state index contributed by atoms with van der Waals surface area (Å²) in [5.41, 5.74) is 1.84. The Morgan fingerprint density at radius 3 is 2.64 bits per heavy atom. The van der Waals surface area contributed by atoms with E-state index in [-0.39, 0.29) is 12.2 Å². The Balaban J connectivity index is 1.88. The normalized spacial score (nSPS) is 10.8. The second kappa shape index (κ2) is 5.44. The number of rotatable bonds is 4. The van der Waals surface area contributed by atoms with Gasteiger partial charge in [0.2, 0.25) is 5.89 Å². The highest BCUT2D eigenvalue weighted by Gasteiger charge is 2.22. The van der Waals surface area contributed by atoms with Gasteiger partial charge in [0.25, 0.3) is 0 Å². The minimum atomic E-state index is -0.418. The fraction of sp³-hybridized carbons (Fsp3) is 0.200. The minimum Gasteiger partial charge on any atom is -0.439 e. The van der Waals surface area contributed by atoms with E-state index in [2.05, 4.69) is 10.1 Å². The molecule has 0 aliphatic rings. The van der Waals surface area contributed by atoms with Gasteiger partial charge in [0.15, 0.2) is 5.76 Å². The average Bonchev–Trinajstić information content (AvgIpc) is 3.06. The van der Waals surface area contributed by atoms with Crippen molar-refractivity contribution >= 4 is 5.69 Å². The zero-order valence-corrected chi connectivity index (χ0v) is 12.2. The number of nitro groups is 1. The molecule has 7 nitrogen and oxygen atoms in total. The van der Waals surface area contributed by atoms with E-state index in [0.29, 0.717) is 23.0 Å². The van der Waals surface area contributed by atoms with Crippen LogP contribution in [0.25, 0.3) is 11.3 Å². The molecule has 0 bridgehead atoms. The first-order valence-electron chi connectivity index (χ1n) is 6.75. The van der Waals surface area contributed by atoms with E-state index in [1.807, 2.05) is 30.3 Å². The number of hydrogen-bond donors (Lipinski definition) is 0. The van der Waals surface area contributed by atoms with Crippen molar-refractivity contribution in [2.75, 3.05) is 0 Å². The molecule has 0 radical (unpaired) electrons. The van der Waals surface area contributed by atoms with Crippen molar-refractivity contribution in [2.45, 2.75) is 20.4 Å². The highest BCUT2D eigenvalue weighted by atomic mass is 16.6. The number of aryl methyl sites for hydroxylation is 1. The van der Waals surface area contributed by atoms with Crippen LogP contribution in [0.4, 0.5) is 5.69 Å². The van der Waals surface area contributed by atoms with Gasteiger partial charge in [-0.15, -0.1) is 0 Å². The van der Waals surface area contributed by atoms with Gasteiger partial charge >= 0.3 is 5.69 Å². The molecule has 0 unspecified atom stereocenters. The molecular weight excluding hydrogens is 284 g/mol. The maximum atomic E-state index is 11.0. The summed E-state index contributed by atoms with van der Waals surface area (Å²) in [5.74, 6) is 1.12. The van der Waals surface area contributed by atoms with E-state index in [4.69, 9.17) is 4.42 Å². The van der Waals surface area contributed by atoms with Gasteiger partial charge in [-0.1, -0.05) is 30.3 Å². The summed E-state index contributed by atoms with van der Waals surface area (Å²) in [7, 11) is 0. The Labute approximate surface area is 126 Å². The van der Waals surface area contributed by atoms with Gasteiger partial charge in [0.1, 0.15) is 17.9 Å². The maximum absolute atomic E-state index is 11.0. The van der Waals surface area contributed by atoms with Gasteiger partial charge in [-0.25, -0.2) is 4.98 Å². The van der Waals surface area contributed by atoms with Crippen molar-refractivity contribution in [1.29, 1.82) is 0 Å². The predicted octanol–water partition coefficient (Wildman–Crippen LogP) is 3.11. The smallest absolute Gasteiger partial charge is 0.312 e. The summed E-state index contributed by atoms with van der Waals surface area (Å²) < 4.78 is 7.23. The Morgan fingerprint density at radius 2 is 2.00 bits per heavy atom. The quantitative estimate of drug-likeness (QED) is 0.545. The third kappa shape index (κ3) is 2.48. The van der Waals surface area contributed by atoms with Gasteiger partial charge in [0, 0.05) is 5.56 Å². The van der Waals surface area contributed by atoms with Gasteiger partial charge in [-0.2, -0.15) is 5.10 Å². The van der Waals surface area contributed by atoms with Crippen molar-refractivity contribution in [3.05, 3.63) is 63.9 Å². The van der Waals surface area contributed by atoms with Crippen LogP contribution < -0.4 is 0 Å². The lowest BCUT2D eigenvalue weighted by molar-refractivity contribution is -0.386. The van der Waals surface area contributed by atoms with Crippen LogP contribution in [0, 0.1) is 24.0 Å². The molecule has 0 N–H and O–H groups in total. The summed E-state index contributed by atoms with van der Waals surface area (Å²) in [6, 6.07) is 9.62. The van der Waals surface area contributed by atoms with E-state index in [0.717, 1.165) is 5.56 Å². The van der Waals surface area contributed by atoms with Gasteiger partial charge in [-0.3, -0.25) is 14.8 Å². The van der Waals surface area contributed by atoms with Crippen LogP contribution >= 0.6 is 0 Å². The fourth-order valence-corrected chi connectivity index (χ4v) is 2.35. The zero-order valence-electron chi connectivity index (χ0n) is 12.2. The summed E-state index contributed by atoms with van der Waals surface area (Å²) in [4.78, 5) is 14.8. The molecule has 2 heterocycles. The van der Waals surface area contributed by atoms with Crippen LogP contribution in [-0.2, 0) is 6.54 Å². The summed E-state index contributed by atoms with van der Waals surface area (Å²) in [6.07, 6.45) is 1.64. The van der Waals surface area contributed by atoms with Crippen LogP contribution in [0.1, 0.15) is 17.3 Å². The molecule has 0 saturated heterocycles. The van der Waals surface area contributed by atoms with Crippen LogP contribution in [0.3, 0.4) is 0 Å². The van der Waals surface area contributed by atoms with Crippen LogP contribution in [-0.4, -0.2) is 19.7 Å². The topological polar surface area (TPSA) is 87.0 Å². The molecule has 3 rings (SSSR count). The van der Waals surface area contributed by atoms with Crippen molar-refractivity contribution in [3.8, 4) is 11.3 Å². The van der Waals surface area contributed by atoms with Crippen molar-refractivity contribution in [3.63, 3.8) is 0 Å². The van der Waals surface area contributed by atoms with Crippen LogP contribution in [0.2, 0.25) is 0 Å². The largest absolute Gasteiger partial charge is 0.439 e. The van der Waals surface area contributed by atoms with E-state index < -0.39 is 4.92 Å². The SMILES string of the molecule is Cc1nn(Cc2ncc(-c3ccccc3)o2)c(C)c1[N+](=O)[O-]. The van der Waals surface area contributed by atoms with E-state index in [9.17, 15) is 10.1 Å². The van der Waals surface area contributed by atoms with E-state index in [1.165, 1.54) is 4.68 Å². The molecule has 0 aliphatic heterocycles. The number of benzene rings is 1. The molecule has 112 valence electrons. The number of hydrogen-bond acceptors (Lipinski definition) is 5. The third-order valence-electron chi connectivity index (χ3n) is 3.42. The average molecular weight is 298 g/mol. The molecule has 2 aromatic heterocycles. The predicted molar refractivity (Wildman–Crippen MR) is 79.4 cm³/mol. The first kappa shape index (κ1) is 14.0. The monoisotopic (exact) mass is 298 g/mol. The van der Waals surface area contributed by atoms with Crippen LogP contribution in [0.15, 0.2) is 40.9 Å². The lowest BCUT2D eigenvalue weighted by Crippen LogP contribution is -2.04. The third-order valence-corrected chi connectivity index (χ3v) is 3.42. The van der Waals surface area contributed by atoms with Crippen molar-refractivity contribution < 1.29 is 9.34 Å². The van der Waals surface area contributed by atoms with Crippen molar-refractivity contribution in [2.24, 2.45) is 0 Å². The van der Waals surface area contributed by atoms with Gasteiger partial charge in [-0.05, 0) is 13.8 Å². The molecule has 7 heteroatoms. The lowest BCUT2D eigenvalue weighted by Gasteiger charge is -1.99. The highest BCUT2D eigenvalue weighted by molar-refractivity contribution is 5.55. The zero-order chi connectivity index (χ0) is 15.7. The molecule has 22 heavy (non-hydrogen) atoms. The standard InChI is InChI=1S/C15H14N4O3/c1-10-15(19(20)21)11(2)18(17-10)9-14-16-8-13(22-14)12-6-4-3-5-7-12/h3-8H,9H2,1-2H3. The molecular formula is C15H14N4O3. The van der Waals surface area contributed by atoms with E-state index in [1.54, 1.807) is 20.0 Å². The summed E-state index contributed by atoms with van der Waals surface area (Å²) >= 11 is 0. The van der Waals surface area contributed by atoms with Crippen LogP contribution in [0.5, 0.6) is 0 Å². The molecule has 0 spiro atoms. The molecule has 0 saturated carbocycles. The second-order valence-electron chi connectivity index (χ2n) is 4.92. The Morgan fingerprint density at radius 1 is 1.27 bits per heavy atom. The fourth-order valence-electron chi connectivity index (χ4n) is 2.35. The first-order valence-corrected chi connectivity index (χ1v) is 6.75. The molecule has 0 amide bonds. The summed E-state index contributed by atoms with van der Waals surface area (Å²) in [5, 5.41) is 15.2. The number of nitrogens with zero attached hydrogens (tertiary/aromatic N) is 4. The molecule has 0 aliphatic carbocycles. The molecule has 1 aromatic carbocycles. The maximum Gasteiger partial charge on any atom is 0.312 e.